The van der Waals surface area contributed by atoms with Gasteiger partial charge in [0, 0.05) is 18.8 Å². The molecule has 0 saturated heterocycles. The van der Waals surface area contributed by atoms with Gasteiger partial charge >= 0.3 is 0 Å². The molecule has 2 heterocycles. The molecule has 6 heteroatoms. The maximum atomic E-state index is 12.0. The Bertz CT molecular complexity index is 687. The van der Waals surface area contributed by atoms with E-state index in [2.05, 4.69) is 5.32 Å². The van der Waals surface area contributed by atoms with Gasteiger partial charge in [-0.3, -0.25) is 9.59 Å². The maximum absolute atomic E-state index is 12.0. The van der Waals surface area contributed by atoms with Gasteiger partial charge in [-0.1, -0.05) is 6.07 Å². The Balaban J connectivity index is 1.91. The molecule has 2 rings (SSSR count). The minimum atomic E-state index is -0.845. The minimum absolute atomic E-state index is 0.0594. The zero-order chi connectivity index (χ0) is 15.4. The second-order valence-corrected chi connectivity index (χ2v) is 4.88. The Morgan fingerprint density at radius 2 is 2.19 bits per heavy atom. The topological polar surface area (TPSA) is 84.5 Å². The van der Waals surface area contributed by atoms with Crippen molar-refractivity contribution in [2.75, 3.05) is 6.54 Å². The molecule has 0 radical (unpaired) electrons. The number of aryl methyl sites for hydroxylation is 2. The minimum Gasteiger partial charge on any atom is -0.466 e. The second-order valence-electron chi connectivity index (χ2n) is 4.88. The van der Waals surface area contributed by atoms with Gasteiger partial charge in [-0.15, -0.1) is 0 Å². The molecular weight excluding hydrogens is 272 g/mol. The fourth-order valence-corrected chi connectivity index (χ4v) is 2.07. The molecule has 0 aliphatic rings. The number of aliphatic hydroxyl groups excluding tert-OH is 1. The number of aromatic nitrogens is 1. The van der Waals surface area contributed by atoms with Crippen LogP contribution in [-0.2, 0) is 6.54 Å². The van der Waals surface area contributed by atoms with E-state index in [1.165, 1.54) is 10.6 Å². The van der Waals surface area contributed by atoms with Crippen molar-refractivity contribution >= 4 is 5.91 Å². The Morgan fingerprint density at radius 1 is 1.43 bits per heavy atom. The molecular formula is C15H18N2O4. The Morgan fingerprint density at radius 3 is 2.81 bits per heavy atom. The van der Waals surface area contributed by atoms with Crippen LogP contribution in [-0.4, -0.2) is 28.2 Å². The van der Waals surface area contributed by atoms with Crippen molar-refractivity contribution in [2.24, 2.45) is 0 Å². The van der Waals surface area contributed by atoms with Crippen molar-refractivity contribution in [1.29, 1.82) is 0 Å². The number of hydrogen-bond acceptors (Lipinski definition) is 4. The molecule has 21 heavy (non-hydrogen) atoms. The van der Waals surface area contributed by atoms with Crippen LogP contribution in [0.3, 0.4) is 0 Å². The first-order chi connectivity index (χ1) is 9.97. The van der Waals surface area contributed by atoms with Gasteiger partial charge in [-0.2, -0.15) is 0 Å². The number of furan rings is 1. The molecule has 0 unspecified atom stereocenters. The Labute approximate surface area is 122 Å². The standard InChI is InChI=1S/C15H18N2O4/c1-10-7-13(11(2)21-10)15(20)16-8-12(18)9-17-6-4-3-5-14(17)19/h3-7,12,18H,8-9H2,1-2H3,(H,16,20)/t12-/m0/s1. The monoisotopic (exact) mass is 290 g/mol. The molecule has 0 bridgehead atoms. The lowest BCUT2D eigenvalue weighted by atomic mass is 10.2. The molecule has 2 aromatic heterocycles. The molecule has 0 aliphatic carbocycles. The summed E-state index contributed by atoms with van der Waals surface area (Å²) in [6.07, 6.45) is 0.749. The molecule has 0 fully saturated rings. The first-order valence-corrected chi connectivity index (χ1v) is 6.66. The average Bonchev–Trinajstić information content (AvgIpc) is 2.78. The van der Waals surface area contributed by atoms with Gasteiger partial charge < -0.3 is 19.4 Å². The number of amides is 1. The molecule has 6 nitrogen and oxygen atoms in total. The quantitative estimate of drug-likeness (QED) is 0.855. The van der Waals surface area contributed by atoms with Crippen LogP contribution >= 0.6 is 0 Å². The normalized spacial score (nSPS) is 12.1. The van der Waals surface area contributed by atoms with Crippen LogP contribution in [0.15, 0.2) is 39.7 Å². The van der Waals surface area contributed by atoms with E-state index in [-0.39, 0.29) is 24.6 Å². The van der Waals surface area contributed by atoms with Crippen molar-refractivity contribution in [3.05, 3.63) is 57.9 Å². The van der Waals surface area contributed by atoms with Crippen LogP contribution in [0, 0.1) is 13.8 Å². The van der Waals surface area contributed by atoms with Gasteiger partial charge in [0.05, 0.1) is 18.2 Å². The van der Waals surface area contributed by atoms with Crippen molar-refractivity contribution < 1.29 is 14.3 Å². The third-order valence-corrected chi connectivity index (χ3v) is 3.09. The zero-order valence-corrected chi connectivity index (χ0v) is 12.0. The fraction of sp³-hybridized carbons (Fsp3) is 0.333. The summed E-state index contributed by atoms with van der Waals surface area (Å²) < 4.78 is 6.68. The lowest BCUT2D eigenvalue weighted by molar-refractivity contribution is 0.0901. The van der Waals surface area contributed by atoms with Gasteiger partial charge in [0.25, 0.3) is 11.5 Å². The highest BCUT2D eigenvalue weighted by atomic mass is 16.3. The number of aliphatic hydroxyl groups is 1. The van der Waals surface area contributed by atoms with Crippen LogP contribution in [0.25, 0.3) is 0 Å². The van der Waals surface area contributed by atoms with Gasteiger partial charge in [-0.05, 0) is 26.0 Å². The molecule has 0 saturated carbocycles. The van der Waals surface area contributed by atoms with E-state index >= 15 is 0 Å². The van der Waals surface area contributed by atoms with Crippen LogP contribution in [0.5, 0.6) is 0 Å². The van der Waals surface area contributed by atoms with E-state index in [9.17, 15) is 14.7 Å². The van der Waals surface area contributed by atoms with Crippen LogP contribution in [0.1, 0.15) is 21.9 Å². The lowest BCUT2D eigenvalue weighted by Gasteiger charge is -2.13. The van der Waals surface area contributed by atoms with Crippen molar-refractivity contribution in [3.8, 4) is 0 Å². The molecule has 0 aromatic carbocycles. The largest absolute Gasteiger partial charge is 0.466 e. The Hall–Kier alpha value is -2.34. The number of pyridine rings is 1. The summed E-state index contributed by atoms with van der Waals surface area (Å²) >= 11 is 0. The predicted octanol–water partition coefficient (Wildman–Crippen LogP) is 0.849. The van der Waals surface area contributed by atoms with Crippen LogP contribution < -0.4 is 10.9 Å². The van der Waals surface area contributed by atoms with Crippen molar-refractivity contribution in [3.63, 3.8) is 0 Å². The third kappa shape index (κ3) is 3.82. The summed E-state index contributed by atoms with van der Waals surface area (Å²) in [5.74, 6) is 0.900. The SMILES string of the molecule is Cc1cc(C(=O)NC[C@H](O)Cn2ccccc2=O)c(C)o1. The highest BCUT2D eigenvalue weighted by molar-refractivity contribution is 5.95. The third-order valence-electron chi connectivity index (χ3n) is 3.09. The highest BCUT2D eigenvalue weighted by Gasteiger charge is 2.14. The number of rotatable bonds is 5. The lowest BCUT2D eigenvalue weighted by Crippen LogP contribution is -2.36. The molecule has 2 N–H and O–H groups in total. The number of nitrogens with zero attached hydrogens (tertiary/aromatic N) is 1. The summed E-state index contributed by atoms with van der Waals surface area (Å²) in [5.41, 5.74) is 0.265. The van der Waals surface area contributed by atoms with Gasteiger partial charge in [0.1, 0.15) is 11.5 Å². The van der Waals surface area contributed by atoms with E-state index < -0.39 is 6.10 Å². The second kappa shape index (κ2) is 6.41. The van der Waals surface area contributed by atoms with Crippen LogP contribution in [0.2, 0.25) is 0 Å². The van der Waals surface area contributed by atoms with Crippen LogP contribution in [0.4, 0.5) is 0 Å². The summed E-state index contributed by atoms with van der Waals surface area (Å²) in [6, 6.07) is 6.42. The number of nitrogens with one attached hydrogen (secondary N) is 1. The highest BCUT2D eigenvalue weighted by Crippen LogP contribution is 2.13. The molecule has 112 valence electrons. The zero-order valence-electron chi connectivity index (χ0n) is 12.0. The van der Waals surface area contributed by atoms with Gasteiger partial charge in [0.2, 0.25) is 0 Å². The van der Waals surface area contributed by atoms with E-state index in [0.717, 1.165) is 0 Å². The average molecular weight is 290 g/mol. The predicted molar refractivity (Wildman–Crippen MR) is 77.2 cm³/mol. The summed E-state index contributed by atoms with van der Waals surface area (Å²) in [7, 11) is 0. The Kier molecular flexibility index (Phi) is 4.59. The summed E-state index contributed by atoms with van der Waals surface area (Å²) in [4.78, 5) is 23.5. The number of hydrogen-bond donors (Lipinski definition) is 2. The molecule has 1 amide bonds. The number of carbonyl (C=O) groups is 1. The molecule has 0 aliphatic heterocycles. The van der Waals surface area contributed by atoms with Gasteiger partial charge in [0.15, 0.2) is 0 Å². The first-order valence-electron chi connectivity index (χ1n) is 6.66. The maximum Gasteiger partial charge on any atom is 0.254 e. The van der Waals surface area contributed by atoms with E-state index in [1.54, 1.807) is 38.2 Å². The van der Waals surface area contributed by atoms with Crippen molar-refractivity contribution in [1.82, 2.24) is 9.88 Å². The van der Waals surface area contributed by atoms with E-state index in [4.69, 9.17) is 4.42 Å². The van der Waals surface area contributed by atoms with E-state index in [1.807, 2.05) is 0 Å². The van der Waals surface area contributed by atoms with E-state index in [0.29, 0.717) is 17.1 Å². The smallest absolute Gasteiger partial charge is 0.254 e. The summed E-state index contributed by atoms with van der Waals surface area (Å²) in [6.45, 7) is 3.66. The van der Waals surface area contributed by atoms with Crippen molar-refractivity contribution in [2.45, 2.75) is 26.5 Å². The fourth-order valence-electron chi connectivity index (χ4n) is 2.07. The molecule has 0 spiro atoms. The first kappa shape index (κ1) is 15.1. The summed E-state index contributed by atoms with van der Waals surface area (Å²) in [5, 5.41) is 12.5. The molecule has 1 atom stereocenters. The van der Waals surface area contributed by atoms with Gasteiger partial charge in [-0.25, -0.2) is 0 Å². The number of carbonyl (C=O) groups excluding carboxylic acids is 1. The molecule has 2 aromatic rings.